The third-order valence-electron chi connectivity index (χ3n) is 3.43. The van der Waals surface area contributed by atoms with Gasteiger partial charge in [-0.15, -0.1) is 10.2 Å². The number of hydrogen-bond acceptors (Lipinski definition) is 6. The SMILES string of the molecule is Cc1nnc(C2COCCN2C(=O)COc2cccc(Cl)c2)o1. The molecule has 3 rings (SSSR count). The van der Waals surface area contributed by atoms with E-state index in [0.29, 0.717) is 42.3 Å². The van der Waals surface area contributed by atoms with Gasteiger partial charge in [0, 0.05) is 18.5 Å². The number of ether oxygens (including phenoxy) is 2. The van der Waals surface area contributed by atoms with Crippen LogP contribution in [-0.2, 0) is 9.53 Å². The van der Waals surface area contributed by atoms with E-state index >= 15 is 0 Å². The smallest absolute Gasteiger partial charge is 0.261 e. The molecule has 1 fully saturated rings. The molecule has 0 spiro atoms. The number of aryl methyl sites for hydroxylation is 1. The summed E-state index contributed by atoms with van der Waals surface area (Å²) >= 11 is 5.89. The first-order valence-electron chi connectivity index (χ1n) is 7.19. The average Bonchev–Trinajstić information content (AvgIpc) is 2.99. The minimum atomic E-state index is -0.389. The molecule has 1 unspecified atom stereocenters. The van der Waals surface area contributed by atoms with E-state index in [1.165, 1.54) is 0 Å². The van der Waals surface area contributed by atoms with Gasteiger partial charge in [0.1, 0.15) is 11.8 Å². The van der Waals surface area contributed by atoms with Gasteiger partial charge < -0.3 is 18.8 Å². The second-order valence-corrected chi connectivity index (χ2v) is 5.52. The third-order valence-corrected chi connectivity index (χ3v) is 3.67. The Balaban J connectivity index is 1.66. The highest BCUT2D eigenvalue weighted by Crippen LogP contribution is 2.24. The van der Waals surface area contributed by atoms with Gasteiger partial charge >= 0.3 is 0 Å². The van der Waals surface area contributed by atoms with Crippen LogP contribution in [-0.4, -0.2) is 47.4 Å². The highest BCUT2D eigenvalue weighted by Gasteiger charge is 2.32. The molecule has 2 aromatic rings. The number of halogens is 1. The van der Waals surface area contributed by atoms with E-state index in [-0.39, 0.29) is 18.6 Å². The van der Waals surface area contributed by atoms with Gasteiger partial charge in [0.2, 0.25) is 11.8 Å². The van der Waals surface area contributed by atoms with E-state index < -0.39 is 0 Å². The number of morpholine rings is 1. The summed E-state index contributed by atoms with van der Waals surface area (Å²) in [5.74, 6) is 1.20. The molecular formula is C15H16ClN3O4. The fourth-order valence-corrected chi connectivity index (χ4v) is 2.52. The lowest BCUT2D eigenvalue weighted by Gasteiger charge is -2.33. The van der Waals surface area contributed by atoms with Gasteiger partial charge in [0.15, 0.2) is 6.61 Å². The maximum absolute atomic E-state index is 12.5. The Morgan fingerprint density at radius 3 is 3.09 bits per heavy atom. The number of amides is 1. The molecule has 0 saturated carbocycles. The van der Waals surface area contributed by atoms with Gasteiger partial charge in [-0.25, -0.2) is 0 Å². The number of rotatable bonds is 4. The van der Waals surface area contributed by atoms with Crippen LogP contribution in [0.1, 0.15) is 17.8 Å². The third kappa shape index (κ3) is 3.80. The van der Waals surface area contributed by atoms with Crippen molar-refractivity contribution in [1.29, 1.82) is 0 Å². The van der Waals surface area contributed by atoms with Crippen LogP contribution in [0.2, 0.25) is 5.02 Å². The van der Waals surface area contributed by atoms with Crippen LogP contribution in [0.3, 0.4) is 0 Å². The fraction of sp³-hybridized carbons (Fsp3) is 0.400. The first-order valence-corrected chi connectivity index (χ1v) is 7.57. The van der Waals surface area contributed by atoms with Crippen molar-refractivity contribution in [2.45, 2.75) is 13.0 Å². The van der Waals surface area contributed by atoms with Crippen LogP contribution in [0, 0.1) is 6.92 Å². The lowest BCUT2D eigenvalue weighted by Crippen LogP contribution is -2.45. The zero-order chi connectivity index (χ0) is 16.2. The largest absolute Gasteiger partial charge is 0.484 e. The first kappa shape index (κ1) is 15.8. The number of nitrogens with zero attached hydrogens (tertiary/aromatic N) is 3. The normalized spacial score (nSPS) is 18.0. The molecule has 1 aliphatic rings. The lowest BCUT2D eigenvalue weighted by atomic mass is 10.2. The van der Waals surface area contributed by atoms with Crippen molar-refractivity contribution in [2.24, 2.45) is 0 Å². The van der Waals surface area contributed by atoms with E-state index in [0.717, 1.165) is 0 Å². The number of carbonyl (C=O) groups excluding carboxylic acids is 1. The second-order valence-electron chi connectivity index (χ2n) is 5.08. The quantitative estimate of drug-likeness (QED) is 0.849. The summed E-state index contributed by atoms with van der Waals surface area (Å²) in [7, 11) is 0. The molecule has 1 aliphatic heterocycles. The summed E-state index contributed by atoms with van der Waals surface area (Å²) in [5, 5.41) is 8.34. The highest BCUT2D eigenvalue weighted by atomic mass is 35.5. The number of aromatic nitrogens is 2. The van der Waals surface area contributed by atoms with Crippen molar-refractivity contribution in [3.8, 4) is 5.75 Å². The van der Waals surface area contributed by atoms with Crippen LogP contribution in [0.25, 0.3) is 0 Å². The van der Waals surface area contributed by atoms with Crippen molar-refractivity contribution < 1.29 is 18.7 Å². The Morgan fingerprint density at radius 2 is 2.35 bits per heavy atom. The molecule has 1 aromatic carbocycles. The van der Waals surface area contributed by atoms with Crippen LogP contribution in [0.5, 0.6) is 5.75 Å². The molecule has 1 amide bonds. The molecule has 8 heteroatoms. The fourth-order valence-electron chi connectivity index (χ4n) is 2.34. The van der Waals surface area contributed by atoms with Crippen molar-refractivity contribution in [1.82, 2.24) is 15.1 Å². The lowest BCUT2D eigenvalue weighted by molar-refractivity contribution is -0.143. The maximum Gasteiger partial charge on any atom is 0.261 e. The van der Waals surface area contributed by atoms with Crippen LogP contribution >= 0.6 is 11.6 Å². The van der Waals surface area contributed by atoms with Crippen LogP contribution < -0.4 is 4.74 Å². The first-order chi connectivity index (χ1) is 11.1. The molecule has 7 nitrogen and oxygen atoms in total. The van der Waals surface area contributed by atoms with E-state index in [1.807, 2.05) is 0 Å². The zero-order valence-electron chi connectivity index (χ0n) is 12.6. The molecular weight excluding hydrogens is 322 g/mol. The van der Waals surface area contributed by atoms with E-state index in [9.17, 15) is 4.79 Å². The van der Waals surface area contributed by atoms with Crippen molar-refractivity contribution >= 4 is 17.5 Å². The van der Waals surface area contributed by atoms with Crippen molar-refractivity contribution in [2.75, 3.05) is 26.4 Å². The van der Waals surface area contributed by atoms with Gasteiger partial charge in [-0.3, -0.25) is 4.79 Å². The molecule has 23 heavy (non-hydrogen) atoms. The molecule has 0 bridgehead atoms. The highest BCUT2D eigenvalue weighted by molar-refractivity contribution is 6.30. The van der Waals surface area contributed by atoms with Crippen LogP contribution in [0.15, 0.2) is 28.7 Å². The predicted octanol–water partition coefficient (Wildman–Crippen LogP) is 2.01. The Bertz CT molecular complexity index is 691. The number of hydrogen-bond donors (Lipinski definition) is 0. The maximum atomic E-state index is 12.5. The Morgan fingerprint density at radius 1 is 1.48 bits per heavy atom. The van der Waals surface area contributed by atoms with Gasteiger partial charge in [-0.05, 0) is 18.2 Å². The standard InChI is InChI=1S/C15H16ClN3O4/c1-10-17-18-15(23-10)13-8-21-6-5-19(13)14(20)9-22-12-4-2-3-11(16)7-12/h2-4,7,13H,5-6,8-9H2,1H3. The van der Waals surface area contributed by atoms with Gasteiger partial charge in [0.05, 0.1) is 13.2 Å². The topological polar surface area (TPSA) is 77.7 Å². The van der Waals surface area contributed by atoms with E-state index in [2.05, 4.69) is 10.2 Å². The van der Waals surface area contributed by atoms with Crippen LogP contribution in [0.4, 0.5) is 0 Å². The minimum absolute atomic E-state index is 0.0933. The average molecular weight is 338 g/mol. The second kappa shape index (κ2) is 6.97. The van der Waals surface area contributed by atoms with E-state index in [1.54, 1.807) is 36.1 Å². The predicted molar refractivity (Wildman–Crippen MR) is 81.3 cm³/mol. The van der Waals surface area contributed by atoms with Gasteiger partial charge in [-0.2, -0.15) is 0 Å². The Labute approximate surface area is 138 Å². The Hall–Kier alpha value is -2.12. The molecule has 0 aliphatic carbocycles. The summed E-state index contributed by atoms with van der Waals surface area (Å²) in [6, 6.07) is 6.53. The molecule has 1 aromatic heterocycles. The summed E-state index contributed by atoms with van der Waals surface area (Å²) in [6.07, 6.45) is 0. The zero-order valence-corrected chi connectivity index (χ0v) is 13.3. The van der Waals surface area contributed by atoms with Gasteiger partial charge in [-0.1, -0.05) is 17.7 Å². The molecule has 1 saturated heterocycles. The molecule has 1 atom stereocenters. The summed E-state index contributed by atoms with van der Waals surface area (Å²) in [6.45, 7) is 2.85. The van der Waals surface area contributed by atoms with Gasteiger partial charge in [0.25, 0.3) is 5.91 Å². The molecule has 2 heterocycles. The minimum Gasteiger partial charge on any atom is -0.484 e. The molecule has 0 radical (unpaired) electrons. The number of benzene rings is 1. The van der Waals surface area contributed by atoms with Crippen molar-refractivity contribution in [3.05, 3.63) is 41.1 Å². The summed E-state index contributed by atoms with van der Waals surface area (Å²) in [4.78, 5) is 14.1. The Kier molecular flexibility index (Phi) is 4.78. The van der Waals surface area contributed by atoms with Crippen molar-refractivity contribution in [3.63, 3.8) is 0 Å². The molecule has 0 N–H and O–H groups in total. The summed E-state index contributed by atoms with van der Waals surface area (Å²) < 4.78 is 16.4. The van der Waals surface area contributed by atoms with E-state index in [4.69, 9.17) is 25.5 Å². The monoisotopic (exact) mass is 337 g/mol. The summed E-state index contributed by atoms with van der Waals surface area (Å²) in [5.41, 5.74) is 0. The molecule has 122 valence electrons. The number of carbonyl (C=O) groups is 1.